The van der Waals surface area contributed by atoms with E-state index in [1.807, 2.05) is 6.07 Å². The van der Waals surface area contributed by atoms with Crippen LogP contribution in [0.15, 0.2) is 41.8 Å². The highest BCUT2D eigenvalue weighted by Gasteiger charge is 1.98. The third-order valence-corrected chi connectivity index (χ3v) is 3.79. The van der Waals surface area contributed by atoms with E-state index in [1.54, 1.807) is 11.3 Å². The van der Waals surface area contributed by atoms with E-state index in [-0.39, 0.29) is 0 Å². The van der Waals surface area contributed by atoms with Gasteiger partial charge in [0.25, 0.3) is 0 Å². The predicted molar refractivity (Wildman–Crippen MR) is 82.0 cm³/mol. The van der Waals surface area contributed by atoms with Crippen LogP contribution in [-0.2, 0) is 13.0 Å². The van der Waals surface area contributed by atoms with Crippen LogP contribution in [0.25, 0.3) is 0 Å². The van der Waals surface area contributed by atoms with E-state index in [0.717, 1.165) is 38.3 Å². The maximum Gasteiger partial charge on any atom is 0.119 e. The quantitative estimate of drug-likeness (QED) is 0.738. The maximum absolute atomic E-state index is 5.81. The highest BCUT2D eigenvalue weighted by molar-refractivity contribution is 7.09. The molecule has 0 radical (unpaired) electrons. The van der Waals surface area contributed by atoms with Crippen molar-refractivity contribution in [1.29, 1.82) is 0 Å². The van der Waals surface area contributed by atoms with Crippen molar-refractivity contribution in [3.63, 3.8) is 0 Å². The van der Waals surface area contributed by atoms with Crippen LogP contribution in [0.2, 0.25) is 0 Å². The summed E-state index contributed by atoms with van der Waals surface area (Å²) in [4.78, 5) is 1.38. The molecule has 1 aromatic heterocycles. The summed E-state index contributed by atoms with van der Waals surface area (Å²) < 4.78 is 5.81. The molecule has 0 aliphatic rings. The second kappa shape index (κ2) is 7.97. The molecule has 0 amide bonds. The van der Waals surface area contributed by atoms with Crippen molar-refractivity contribution in [2.45, 2.75) is 26.3 Å². The van der Waals surface area contributed by atoms with Gasteiger partial charge < -0.3 is 10.1 Å². The van der Waals surface area contributed by atoms with Crippen molar-refractivity contribution < 1.29 is 4.74 Å². The van der Waals surface area contributed by atoms with Crippen LogP contribution in [0, 0.1) is 0 Å². The third-order valence-electron chi connectivity index (χ3n) is 2.85. The summed E-state index contributed by atoms with van der Waals surface area (Å²) in [5.74, 6) is 0.965. The average molecular weight is 275 g/mol. The van der Waals surface area contributed by atoms with Gasteiger partial charge in [-0.25, -0.2) is 0 Å². The lowest BCUT2D eigenvalue weighted by Crippen LogP contribution is -2.13. The first kappa shape index (κ1) is 14.1. The standard InChI is InChI=1S/C16H21NOS/c1-2-9-17-13-14-5-3-6-15(12-14)18-10-8-16-7-4-11-19-16/h3-7,11-12,17H,2,8-10,13H2,1H3. The molecule has 3 heteroatoms. The first-order valence-corrected chi connectivity index (χ1v) is 7.71. The second-order valence-corrected chi connectivity index (χ2v) is 5.53. The lowest BCUT2D eigenvalue weighted by Gasteiger charge is -2.08. The molecule has 0 unspecified atom stereocenters. The Labute approximate surface area is 119 Å². The Morgan fingerprint density at radius 1 is 1.21 bits per heavy atom. The van der Waals surface area contributed by atoms with Gasteiger partial charge in [0.2, 0.25) is 0 Å². The van der Waals surface area contributed by atoms with Crippen molar-refractivity contribution in [1.82, 2.24) is 5.32 Å². The minimum absolute atomic E-state index is 0.742. The Morgan fingerprint density at radius 2 is 2.16 bits per heavy atom. The zero-order valence-corrected chi connectivity index (χ0v) is 12.2. The van der Waals surface area contributed by atoms with E-state index >= 15 is 0 Å². The molecule has 19 heavy (non-hydrogen) atoms. The van der Waals surface area contributed by atoms with Gasteiger partial charge in [0.15, 0.2) is 0 Å². The third kappa shape index (κ3) is 5.05. The number of benzene rings is 1. The van der Waals surface area contributed by atoms with Gasteiger partial charge in [-0.05, 0) is 42.1 Å². The van der Waals surface area contributed by atoms with Crippen molar-refractivity contribution in [3.05, 3.63) is 52.2 Å². The summed E-state index contributed by atoms with van der Waals surface area (Å²) in [6.07, 6.45) is 2.15. The van der Waals surface area contributed by atoms with Crippen LogP contribution in [-0.4, -0.2) is 13.2 Å². The molecule has 0 fully saturated rings. The molecule has 1 heterocycles. The minimum Gasteiger partial charge on any atom is -0.493 e. The highest BCUT2D eigenvalue weighted by atomic mass is 32.1. The van der Waals surface area contributed by atoms with Gasteiger partial charge in [-0.3, -0.25) is 0 Å². The average Bonchev–Trinajstić information content (AvgIpc) is 2.93. The predicted octanol–water partition coefficient (Wildman–Crippen LogP) is 3.87. The van der Waals surface area contributed by atoms with E-state index in [1.165, 1.54) is 10.4 Å². The number of hydrogen-bond donors (Lipinski definition) is 1. The first-order chi connectivity index (χ1) is 9.38. The lowest BCUT2D eigenvalue weighted by molar-refractivity contribution is 0.322. The first-order valence-electron chi connectivity index (χ1n) is 6.83. The summed E-state index contributed by atoms with van der Waals surface area (Å²) in [6.45, 7) is 4.89. The molecule has 0 aliphatic carbocycles. The summed E-state index contributed by atoms with van der Waals surface area (Å²) in [5, 5.41) is 5.51. The van der Waals surface area contributed by atoms with Gasteiger partial charge in [0.1, 0.15) is 5.75 Å². The van der Waals surface area contributed by atoms with Gasteiger partial charge >= 0.3 is 0 Å². The number of ether oxygens (including phenoxy) is 1. The molecule has 0 aliphatic heterocycles. The Balaban J connectivity index is 1.78. The topological polar surface area (TPSA) is 21.3 Å². The van der Waals surface area contributed by atoms with Crippen LogP contribution >= 0.6 is 11.3 Å². The Morgan fingerprint density at radius 3 is 2.95 bits per heavy atom. The fourth-order valence-corrected chi connectivity index (χ4v) is 2.57. The molecule has 102 valence electrons. The fourth-order valence-electron chi connectivity index (χ4n) is 1.88. The molecule has 0 atom stereocenters. The number of hydrogen-bond acceptors (Lipinski definition) is 3. The lowest BCUT2D eigenvalue weighted by atomic mass is 10.2. The number of thiophene rings is 1. The summed E-state index contributed by atoms with van der Waals surface area (Å²) in [5.41, 5.74) is 1.28. The molecule has 1 N–H and O–H groups in total. The van der Waals surface area contributed by atoms with Gasteiger partial charge in [-0.2, -0.15) is 0 Å². The monoisotopic (exact) mass is 275 g/mol. The molecule has 0 saturated carbocycles. The van der Waals surface area contributed by atoms with Gasteiger partial charge in [-0.1, -0.05) is 25.1 Å². The van der Waals surface area contributed by atoms with Crippen LogP contribution in [0.1, 0.15) is 23.8 Å². The Kier molecular flexibility index (Phi) is 5.92. The van der Waals surface area contributed by atoms with E-state index in [4.69, 9.17) is 4.74 Å². The highest BCUT2D eigenvalue weighted by Crippen LogP contribution is 2.15. The minimum atomic E-state index is 0.742. The molecule has 0 spiro atoms. The van der Waals surface area contributed by atoms with Crippen LogP contribution < -0.4 is 10.1 Å². The molecule has 2 nitrogen and oxygen atoms in total. The molecule has 2 rings (SSSR count). The number of rotatable bonds is 8. The van der Waals surface area contributed by atoms with E-state index in [2.05, 4.69) is 48.0 Å². The van der Waals surface area contributed by atoms with Gasteiger partial charge in [0, 0.05) is 17.8 Å². The fraction of sp³-hybridized carbons (Fsp3) is 0.375. The van der Waals surface area contributed by atoms with Crippen LogP contribution in [0.4, 0.5) is 0 Å². The SMILES string of the molecule is CCCNCc1cccc(OCCc2cccs2)c1. The summed E-state index contributed by atoms with van der Waals surface area (Å²) in [7, 11) is 0. The largest absolute Gasteiger partial charge is 0.493 e. The molecular formula is C16H21NOS. The van der Waals surface area contributed by atoms with E-state index in [0.29, 0.717) is 0 Å². The molecule has 2 aromatic rings. The van der Waals surface area contributed by atoms with Crippen LogP contribution in [0.3, 0.4) is 0 Å². The smallest absolute Gasteiger partial charge is 0.119 e. The molecular weight excluding hydrogens is 254 g/mol. The van der Waals surface area contributed by atoms with Gasteiger partial charge in [0.05, 0.1) is 6.61 Å². The van der Waals surface area contributed by atoms with E-state index in [9.17, 15) is 0 Å². The Hall–Kier alpha value is -1.32. The van der Waals surface area contributed by atoms with Crippen LogP contribution in [0.5, 0.6) is 5.75 Å². The number of nitrogens with one attached hydrogen (secondary N) is 1. The van der Waals surface area contributed by atoms with Gasteiger partial charge in [-0.15, -0.1) is 11.3 Å². The van der Waals surface area contributed by atoms with E-state index < -0.39 is 0 Å². The Bertz CT molecular complexity index is 467. The second-order valence-electron chi connectivity index (χ2n) is 4.50. The molecule has 0 bridgehead atoms. The zero-order valence-electron chi connectivity index (χ0n) is 11.4. The normalized spacial score (nSPS) is 10.6. The van der Waals surface area contributed by atoms with Crippen molar-refractivity contribution >= 4 is 11.3 Å². The summed E-state index contributed by atoms with van der Waals surface area (Å²) >= 11 is 1.78. The zero-order chi connectivity index (χ0) is 13.3. The summed E-state index contributed by atoms with van der Waals surface area (Å²) in [6, 6.07) is 12.6. The van der Waals surface area contributed by atoms with Crippen molar-refractivity contribution in [3.8, 4) is 5.75 Å². The van der Waals surface area contributed by atoms with Crippen molar-refractivity contribution in [2.75, 3.05) is 13.2 Å². The molecule has 0 saturated heterocycles. The van der Waals surface area contributed by atoms with Crippen molar-refractivity contribution in [2.24, 2.45) is 0 Å². The maximum atomic E-state index is 5.81. The molecule has 1 aromatic carbocycles.